The zero-order chi connectivity index (χ0) is 12.0. The maximum Gasteiger partial charge on any atom is 0.319 e. The summed E-state index contributed by atoms with van der Waals surface area (Å²) in [6, 6.07) is 6.67. The van der Waals surface area contributed by atoms with Gasteiger partial charge in [-0.3, -0.25) is 0 Å². The summed E-state index contributed by atoms with van der Waals surface area (Å²) in [4.78, 5) is 11.3. The maximum absolute atomic E-state index is 11.3. The Morgan fingerprint density at radius 2 is 2.00 bits per heavy atom. The van der Waals surface area contributed by atoms with E-state index in [0.717, 1.165) is 4.47 Å². The van der Waals surface area contributed by atoms with Crippen molar-refractivity contribution in [1.29, 1.82) is 0 Å². The lowest BCUT2D eigenvalue weighted by atomic mass is 10.3. The largest absolute Gasteiger partial charge is 0.394 e. The molecule has 0 saturated carbocycles. The molecule has 1 unspecified atom stereocenters. The molecule has 0 heterocycles. The quantitative estimate of drug-likeness (QED) is 0.665. The first kappa shape index (κ1) is 13.0. The van der Waals surface area contributed by atoms with Gasteiger partial charge in [-0.25, -0.2) is 4.79 Å². The molecule has 0 saturated heterocycles. The number of aliphatic hydroxyl groups is 2. The highest BCUT2D eigenvalue weighted by Crippen LogP contribution is 2.13. The number of carbonyl (C=O) groups excluding carboxylic acids is 1. The summed E-state index contributed by atoms with van der Waals surface area (Å²) in [5.74, 6) is 0. The zero-order valence-electron chi connectivity index (χ0n) is 8.48. The van der Waals surface area contributed by atoms with Gasteiger partial charge in [0.05, 0.1) is 12.7 Å². The van der Waals surface area contributed by atoms with Gasteiger partial charge >= 0.3 is 6.03 Å². The van der Waals surface area contributed by atoms with Crippen LogP contribution in [0.1, 0.15) is 0 Å². The summed E-state index contributed by atoms with van der Waals surface area (Å²) in [5, 5.41) is 22.6. The van der Waals surface area contributed by atoms with E-state index in [4.69, 9.17) is 10.2 Å². The van der Waals surface area contributed by atoms with Gasteiger partial charge in [-0.05, 0) is 24.3 Å². The maximum atomic E-state index is 11.3. The third-order valence-electron chi connectivity index (χ3n) is 1.81. The molecular weight excluding hydrogens is 276 g/mol. The minimum absolute atomic E-state index is 0.0128. The summed E-state index contributed by atoms with van der Waals surface area (Å²) in [6.07, 6.45) is -0.935. The normalized spacial score (nSPS) is 11.9. The van der Waals surface area contributed by atoms with Gasteiger partial charge in [0.2, 0.25) is 0 Å². The second-order valence-electron chi connectivity index (χ2n) is 3.18. The molecule has 0 aliphatic carbocycles. The van der Waals surface area contributed by atoms with Gasteiger partial charge in [0.25, 0.3) is 0 Å². The van der Waals surface area contributed by atoms with E-state index >= 15 is 0 Å². The van der Waals surface area contributed by atoms with Crippen molar-refractivity contribution in [3.63, 3.8) is 0 Å². The Kier molecular flexibility index (Phi) is 5.24. The van der Waals surface area contributed by atoms with E-state index in [1.165, 1.54) is 0 Å². The van der Waals surface area contributed by atoms with Gasteiger partial charge in [0, 0.05) is 16.7 Å². The summed E-state index contributed by atoms with van der Waals surface area (Å²) in [6.45, 7) is -0.364. The van der Waals surface area contributed by atoms with Crippen LogP contribution < -0.4 is 10.6 Å². The minimum Gasteiger partial charge on any atom is -0.394 e. The number of rotatable bonds is 4. The van der Waals surface area contributed by atoms with E-state index < -0.39 is 12.1 Å². The highest BCUT2D eigenvalue weighted by molar-refractivity contribution is 9.10. The molecule has 0 fully saturated rings. The average Bonchev–Trinajstić information content (AvgIpc) is 2.29. The van der Waals surface area contributed by atoms with E-state index in [1.54, 1.807) is 24.3 Å². The molecule has 0 aliphatic rings. The van der Waals surface area contributed by atoms with E-state index in [0.29, 0.717) is 5.69 Å². The van der Waals surface area contributed by atoms with Gasteiger partial charge in [0.15, 0.2) is 0 Å². The molecule has 4 N–H and O–H groups in total. The van der Waals surface area contributed by atoms with Crippen LogP contribution in [0.3, 0.4) is 0 Å². The van der Waals surface area contributed by atoms with Gasteiger partial charge in [0.1, 0.15) is 0 Å². The lowest BCUT2D eigenvalue weighted by Gasteiger charge is -2.10. The number of urea groups is 1. The Labute approximate surface area is 102 Å². The minimum atomic E-state index is -0.935. The fraction of sp³-hybridized carbons (Fsp3) is 0.300. The van der Waals surface area contributed by atoms with Gasteiger partial charge < -0.3 is 20.8 Å². The van der Waals surface area contributed by atoms with Crippen molar-refractivity contribution in [2.75, 3.05) is 18.5 Å². The second-order valence-corrected chi connectivity index (χ2v) is 4.09. The molecule has 1 rings (SSSR count). The monoisotopic (exact) mass is 288 g/mol. The van der Waals surface area contributed by atoms with Crippen molar-refractivity contribution in [2.24, 2.45) is 0 Å². The number of benzene rings is 1. The summed E-state index contributed by atoms with van der Waals surface area (Å²) >= 11 is 3.28. The van der Waals surface area contributed by atoms with Crippen molar-refractivity contribution in [1.82, 2.24) is 5.32 Å². The number of carbonyl (C=O) groups is 1. The van der Waals surface area contributed by atoms with E-state index in [9.17, 15) is 4.79 Å². The number of amides is 2. The molecule has 1 aromatic rings. The number of anilines is 1. The molecular formula is C10H13BrN2O3. The number of aliphatic hydroxyl groups excluding tert-OH is 2. The third-order valence-corrected chi connectivity index (χ3v) is 2.34. The number of nitrogens with one attached hydrogen (secondary N) is 2. The molecule has 5 nitrogen and oxygen atoms in total. The van der Waals surface area contributed by atoms with E-state index in [2.05, 4.69) is 26.6 Å². The highest BCUT2D eigenvalue weighted by atomic mass is 79.9. The Bertz CT molecular complexity index is 342. The lowest BCUT2D eigenvalue weighted by Crippen LogP contribution is -2.36. The van der Waals surface area contributed by atoms with Crippen molar-refractivity contribution in [2.45, 2.75) is 6.10 Å². The summed E-state index contributed by atoms with van der Waals surface area (Å²) < 4.78 is 0.925. The molecule has 1 atom stereocenters. The zero-order valence-corrected chi connectivity index (χ0v) is 10.1. The van der Waals surface area contributed by atoms with Gasteiger partial charge in [-0.1, -0.05) is 15.9 Å². The molecule has 6 heteroatoms. The first-order chi connectivity index (χ1) is 7.61. The Morgan fingerprint density at radius 1 is 1.38 bits per heavy atom. The van der Waals surface area contributed by atoms with E-state index in [1.807, 2.05) is 0 Å². The van der Waals surface area contributed by atoms with Crippen LogP contribution in [0.2, 0.25) is 0 Å². The summed E-state index contributed by atoms with van der Waals surface area (Å²) in [7, 11) is 0. The third kappa shape index (κ3) is 4.61. The van der Waals surface area contributed by atoms with Crippen molar-refractivity contribution in [3.8, 4) is 0 Å². The average molecular weight is 289 g/mol. The molecule has 0 aliphatic heterocycles. The summed E-state index contributed by atoms with van der Waals surface area (Å²) in [5.41, 5.74) is 0.652. The smallest absolute Gasteiger partial charge is 0.319 e. The van der Waals surface area contributed by atoms with Crippen LogP contribution in [0.15, 0.2) is 28.7 Å². The van der Waals surface area contributed by atoms with Crippen LogP contribution >= 0.6 is 15.9 Å². The topological polar surface area (TPSA) is 81.6 Å². The van der Waals surface area contributed by atoms with Crippen LogP contribution in [0, 0.1) is 0 Å². The van der Waals surface area contributed by atoms with Crippen LogP contribution in [-0.4, -0.2) is 35.5 Å². The predicted octanol–water partition coefficient (Wildman–Crippen LogP) is 0.924. The fourth-order valence-electron chi connectivity index (χ4n) is 0.984. The van der Waals surface area contributed by atoms with Crippen LogP contribution in [0.25, 0.3) is 0 Å². The van der Waals surface area contributed by atoms with Crippen LogP contribution in [-0.2, 0) is 0 Å². The number of hydrogen-bond donors (Lipinski definition) is 4. The molecule has 1 aromatic carbocycles. The molecule has 0 spiro atoms. The predicted molar refractivity (Wildman–Crippen MR) is 64.3 cm³/mol. The Hall–Kier alpha value is -1.11. The Balaban J connectivity index is 2.37. The van der Waals surface area contributed by atoms with Crippen molar-refractivity contribution >= 4 is 27.6 Å². The van der Waals surface area contributed by atoms with Crippen molar-refractivity contribution < 1.29 is 15.0 Å². The first-order valence-corrected chi connectivity index (χ1v) is 5.50. The first-order valence-electron chi connectivity index (χ1n) is 4.71. The Morgan fingerprint density at radius 3 is 2.56 bits per heavy atom. The number of hydrogen-bond acceptors (Lipinski definition) is 3. The number of halogens is 1. The highest BCUT2D eigenvalue weighted by Gasteiger charge is 2.05. The van der Waals surface area contributed by atoms with E-state index in [-0.39, 0.29) is 13.2 Å². The van der Waals surface area contributed by atoms with Gasteiger partial charge in [-0.15, -0.1) is 0 Å². The van der Waals surface area contributed by atoms with Crippen LogP contribution in [0.4, 0.5) is 10.5 Å². The van der Waals surface area contributed by atoms with Gasteiger partial charge in [-0.2, -0.15) is 0 Å². The molecule has 0 radical (unpaired) electrons. The second kappa shape index (κ2) is 6.47. The molecule has 0 aromatic heterocycles. The molecule has 0 bridgehead atoms. The molecule has 2 amide bonds. The van der Waals surface area contributed by atoms with Crippen LogP contribution in [0.5, 0.6) is 0 Å². The fourth-order valence-corrected chi connectivity index (χ4v) is 1.25. The molecule has 88 valence electrons. The standard InChI is InChI=1S/C10H13BrN2O3/c11-7-1-3-8(4-2-7)13-10(16)12-5-9(15)6-14/h1-4,9,14-15H,5-6H2,(H2,12,13,16). The lowest BCUT2D eigenvalue weighted by molar-refractivity contribution is 0.0965. The van der Waals surface area contributed by atoms with Crippen molar-refractivity contribution in [3.05, 3.63) is 28.7 Å². The molecule has 16 heavy (non-hydrogen) atoms. The SMILES string of the molecule is O=C(NCC(O)CO)Nc1ccc(Br)cc1.